The van der Waals surface area contributed by atoms with E-state index in [9.17, 15) is 9.59 Å². The van der Waals surface area contributed by atoms with Crippen molar-refractivity contribution in [3.63, 3.8) is 0 Å². The Hall–Kier alpha value is -1.72. The van der Waals surface area contributed by atoms with E-state index in [2.05, 4.69) is 5.32 Å². The van der Waals surface area contributed by atoms with E-state index in [-0.39, 0.29) is 21.7 Å². The first-order valence-electron chi connectivity index (χ1n) is 8.17. The van der Waals surface area contributed by atoms with Crippen LogP contribution in [0.4, 0.5) is 0 Å². The molecule has 3 nitrogen and oxygen atoms in total. The van der Waals surface area contributed by atoms with Crippen LogP contribution in [-0.2, 0) is 11.3 Å². The molecular weight excluding hydrogens is 350 g/mol. The highest BCUT2D eigenvalue weighted by Crippen LogP contribution is 2.42. The summed E-state index contributed by atoms with van der Waals surface area (Å²) in [6.07, 6.45) is 0. The zero-order valence-electron chi connectivity index (χ0n) is 14.7. The first kappa shape index (κ1) is 19.6. The molecule has 0 radical (unpaired) electrons. The summed E-state index contributed by atoms with van der Waals surface area (Å²) in [5, 5.41) is 2.99. The zero-order valence-corrected chi connectivity index (χ0v) is 16.3. The van der Waals surface area contributed by atoms with Gasteiger partial charge in [-0.1, -0.05) is 78.4 Å². The molecule has 0 fully saturated rings. The number of carbonyl (C=O) groups is 2. The molecule has 0 aromatic heterocycles. The van der Waals surface area contributed by atoms with E-state index in [0.29, 0.717) is 12.1 Å². The minimum absolute atomic E-state index is 0.00545. The number of hydrogen-bond acceptors (Lipinski definition) is 4. The molecule has 0 aliphatic rings. The van der Waals surface area contributed by atoms with Crippen LogP contribution in [0.25, 0.3) is 0 Å². The van der Waals surface area contributed by atoms with Gasteiger partial charge in [0.05, 0.1) is 5.92 Å². The van der Waals surface area contributed by atoms with E-state index < -0.39 is 0 Å². The molecular formula is C20H23NO2S2. The van der Waals surface area contributed by atoms with Gasteiger partial charge in [0.1, 0.15) is 0 Å². The van der Waals surface area contributed by atoms with Gasteiger partial charge in [0.25, 0.3) is 0 Å². The van der Waals surface area contributed by atoms with E-state index in [1.807, 2.05) is 69.3 Å². The van der Waals surface area contributed by atoms with Crippen LogP contribution < -0.4 is 5.32 Å². The molecule has 2 aromatic rings. The number of rotatable bonds is 7. The van der Waals surface area contributed by atoms with Crippen molar-refractivity contribution in [3.8, 4) is 0 Å². The Morgan fingerprint density at radius 2 is 1.56 bits per heavy atom. The average Bonchev–Trinajstić information content (AvgIpc) is 2.65. The van der Waals surface area contributed by atoms with Crippen molar-refractivity contribution in [2.75, 3.05) is 0 Å². The summed E-state index contributed by atoms with van der Waals surface area (Å²) in [4.78, 5) is 24.7. The molecule has 25 heavy (non-hydrogen) atoms. The number of hydrogen-bond donors (Lipinski definition) is 1. The predicted octanol–water partition coefficient (Wildman–Crippen LogP) is 4.94. The lowest BCUT2D eigenvalue weighted by Gasteiger charge is -2.29. The van der Waals surface area contributed by atoms with Crippen molar-refractivity contribution in [1.82, 2.24) is 5.32 Å². The van der Waals surface area contributed by atoms with Gasteiger partial charge in [-0.15, -0.1) is 0 Å². The Balaban J connectivity index is 1.86. The van der Waals surface area contributed by atoms with E-state index in [1.165, 1.54) is 21.6 Å². The molecule has 1 amide bonds. The van der Waals surface area contributed by atoms with Crippen LogP contribution in [0, 0.1) is 5.92 Å². The van der Waals surface area contributed by atoms with Gasteiger partial charge < -0.3 is 5.32 Å². The van der Waals surface area contributed by atoms with Crippen molar-refractivity contribution in [2.45, 2.75) is 32.1 Å². The maximum absolute atomic E-state index is 12.5. The van der Waals surface area contributed by atoms with Crippen LogP contribution in [0.1, 0.15) is 36.7 Å². The molecule has 2 rings (SSSR count). The lowest BCUT2D eigenvalue weighted by molar-refractivity contribution is -0.125. The minimum atomic E-state index is -0.365. The summed E-state index contributed by atoms with van der Waals surface area (Å²) in [6, 6.07) is 19.0. The number of carbonyl (C=O) groups excluding carboxylic acids is 2. The molecule has 5 heteroatoms. The van der Waals surface area contributed by atoms with Crippen LogP contribution in [0.3, 0.4) is 0 Å². The van der Waals surface area contributed by atoms with Gasteiger partial charge in [-0.25, -0.2) is 0 Å². The monoisotopic (exact) mass is 373 g/mol. The highest BCUT2D eigenvalue weighted by molar-refractivity contribution is 8.82. The minimum Gasteiger partial charge on any atom is -0.352 e. The SMILES string of the molecule is CC(C(=O)NCc1ccccc1)C(C)(C)SSC(=O)c1ccccc1. The Morgan fingerprint density at radius 1 is 1.00 bits per heavy atom. The molecule has 0 bridgehead atoms. The van der Waals surface area contributed by atoms with Gasteiger partial charge in [0, 0.05) is 16.9 Å². The van der Waals surface area contributed by atoms with Crippen LogP contribution in [0.15, 0.2) is 60.7 Å². The van der Waals surface area contributed by atoms with Crippen molar-refractivity contribution in [3.05, 3.63) is 71.8 Å². The van der Waals surface area contributed by atoms with E-state index in [1.54, 1.807) is 12.1 Å². The normalized spacial score (nSPS) is 12.4. The van der Waals surface area contributed by atoms with Crippen LogP contribution in [0.2, 0.25) is 0 Å². The summed E-state index contributed by atoms with van der Waals surface area (Å²) in [7, 11) is 2.64. The molecule has 0 spiro atoms. The molecule has 0 saturated carbocycles. The second-order valence-corrected chi connectivity index (χ2v) is 9.11. The smallest absolute Gasteiger partial charge is 0.229 e. The third-order valence-corrected chi connectivity index (χ3v) is 7.33. The fraction of sp³-hybridized carbons (Fsp3) is 0.300. The zero-order chi connectivity index (χ0) is 18.3. The van der Waals surface area contributed by atoms with Crippen molar-refractivity contribution in [2.24, 2.45) is 5.92 Å². The van der Waals surface area contributed by atoms with E-state index >= 15 is 0 Å². The summed E-state index contributed by atoms with van der Waals surface area (Å²) < 4.78 is -0.365. The molecule has 0 aliphatic heterocycles. The molecule has 0 heterocycles. The third kappa shape index (κ3) is 5.94. The summed E-state index contributed by atoms with van der Waals surface area (Å²) in [5.74, 6) is -0.230. The van der Waals surface area contributed by atoms with Crippen LogP contribution in [-0.4, -0.2) is 15.8 Å². The first-order chi connectivity index (χ1) is 11.9. The third-order valence-electron chi connectivity index (χ3n) is 4.09. The lowest BCUT2D eigenvalue weighted by Crippen LogP contribution is -2.39. The fourth-order valence-corrected chi connectivity index (χ4v) is 4.46. The van der Waals surface area contributed by atoms with Gasteiger partial charge >= 0.3 is 0 Å². The first-order valence-corrected chi connectivity index (χ1v) is 10.3. The Morgan fingerprint density at radius 3 is 2.16 bits per heavy atom. The van der Waals surface area contributed by atoms with Crippen LogP contribution in [0.5, 0.6) is 0 Å². The second kappa shape index (κ2) is 9.11. The van der Waals surface area contributed by atoms with Gasteiger partial charge in [0.2, 0.25) is 11.0 Å². The largest absolute Gasteiger partial charge is 0.352 e. The Kier molecular flexibility index (Phi) is 7.14. The molecule has 132 valence electrons. The van der Waals surface area contributed by atoms with Gasteiger partial charge in [0.15, 0.2) is 0 Å². The van der Waals surface area contributed by atoms with E-state index in [0.717, 1.165) is 5.56 Å². The number of nitrogens with one attached hydrogen (secondary N) is 1. The molecule has 2 aromatic carbocycles. The predicted molar refractivity (Wildman–Crippen MR) is 107 cm³/mol. The highest BCUT2D eigenvalue weighted by Gasteiger charge is 2.33. The van der Waals surface area contributed by atoms with Crippen molar-refractivity contribution >= 4 is 32.6 Å². The quantitative estimate of drug-likeness (QED) is 0.698. The summed E-state index contributed by atoms with van der Waals surface area (Å²) in [5.41, 5.74) is 1.75. The lowest BCUT2D eigenvalue weighted by atomic mass is 9.96. The summed E-state index contributed by atoms with van der Waals surface area (Å²) >= 11 is 0. The topological polar surface area (TPSA) is 46.2 Å². The highest BCUT2D eigenvalue weighted by atomic mass is 33.1. The molecule has 1 atom stereocenters. The van der Waals surface area contributed by atoms with Crippen molar-refractivity contribution in [1.29, 1.82) is 0 Å². The molecule has 0 saturated heterocycles. The Bertz CT molecular complexity index is 702. The average molecular weight is 374 g/mol. The molecule has 1 N–H and O–H groups in total. The summed E-state index contributed by atoms with van der Waals surface area (Å²) in [6.45, 7) is 6.41. The van der Waals surface area contributed by atoms with Gasteiger partial charge in [-0.05, 0) is 30.2 Å². The van der Waals surface area contributed by atoms with Gasteiger partial charge in [-0.3, -0.25) is 9.59 Å². The maximum atomic E-state index is 12.5. The maximum Gasteiger partial charge on any atom is 0.229 e. The van der Waals surface area contributed by atoms with Crippen LogP contribution >= 0.6 is 21.6 Å². The number of amides is 1. The fourth-order valence-electron chi connectivity index (χ4n) is 2.09. The Labute approximate surface area is 157 Å². The molecule has 1 unspecified atom stereocenters. The second-order valence-electron chi connectivity index (χ2n) is 6.35. The number of benzene rings is 2. The van der Waals surface area contributed by atoms with Gasteiger partial charge in [-0.2, -0.15) is 0 Å². The standard InChI is InChI=1S/C20H23NO2S2/c1-15(18(22)21-14-16-10-6-4-7-11-16)20(2,3)25-24-19(23)17-12-8-5-9-13-17/h4-13,15H,14H2,1-3H3,(H,21,22). The van der Waals surface area contributed by atoms with Crippen molar-refractivity contribution < 1.29 is 9.59 Å². The molecule has 0 aliphatic carbocycles. The van der Waals surface area contributed by atoms with E-state index in [4.69, 9.17) is 0 Å².